The van der Waals surface area contributed by atoms with Gasteiger partial charge in [-0.15, -0.1) is 0 Å². The van der Waals surface area contributed by atoms with Crippen molar-refractivity contribution in [2.75, 3.05) is 37.9 Å². The third-order valence-corrected chi connectivity index (χ3v) is 15.8. The summed E-state index contributed by atoms with van der Waals surface area (Å²) in [6, 6.07) is 8.50. The van der Waals surface area contributed by atoms with Crippen molar-refractivity contribution in [3.8, 4) is 45.3 Å². The van der Waals surface area contributed by atoms with Gasteiger partial charge in [0, 0.05) is 78.9 Å². The predicted molar refractivity (Wildman–Crippen MR) is 296 cm³/mol. The maximum Gasteiger partial charge on any atom is 0.247 e. The quantitative estimate of drug-likeness (QED) is 0.0985. The summed E-state index contributed by atoms with van der Waals surface area (Å²) in [5.41, 5.74) is 16.6. The first kappa shape index (κ1) is 54.7. The largest absolute Gasteiger partial charge is 0.364 e. The molecule has 0 amide bonds. The molecule has 8 aromatic heterocycles. The minimum atomic E-state index is -3.57. The van der Waals surface area contributed by atoms with Crippen molar-refractivity contribution in [1.82, 2.24) is 70.4 Å². The standard InChI is InChI=1S/C27H34N8O2.C21H22N6O4S.C7H16N2/c1-16-13-28-26(30-18-10-11-27(3,4)29-14-18)32-23(16)24-19-8-9-21(20-15-37-34-17(20)2)31-25(19)35(33-24)22-7-5-6-12-36-22;1-12-10-22-21(32(3,28)29)24-18(12)19-14-7-8-16(15-11-31-26-13(15)2)23-20(14)27(25-19)17-6-4-5-9-30-17;1-7(2)4-3-6(8)5-9-7/h8-9,13,15,18,22,29H,5-7,10-12,14H2,1-4H3,(H,28,30,32);7-8,10-11,17H,4-6,9H2,1-3H3;6,9H,3-5,8H2,1-2H3/t18-,22?;;6-/m0.0/s1. The summed E-state index contributed by atoms with van der Waals surface area (Å²) in [6.07, 6.45) is 17.7. The molecule has 0 radical (unpaired) electrons. The number of ether oxygens (including phenoxy) is 2. The van der Waals surface area contributed by atoms with E-state index in [1.807, 2.05) is 56.8 Å². The summed E-state index contributed by atoms with van der Waals surface area (Å²) >= 11 is 0. The van der Waals surface area contributed by atoms with Crippen LogP contribution >= 0.6 is 0 Å². The number of aromatic nitrogens is 12. The van der Waals surface area contributed by atoms with Gasteiger partial charge in [0.15, 0.2) is 23.8 Å². The fourth-order valence-corrected chi connectivity index (χ4v) is 10.7. The number of piperidine rings is 2. The van der Waals surface area contributed by atoms with E-state index < -0.39 is 9.84 Å². The summed E-state index contributed by atoms with van der Waals surface area (Å²) in [4.78, 5) is 27.7. The number of anilines is 1. The molecule has 78 heavy (non-hydrogen) atoms. The smallest absolute Gasteiger partial charge is 0.247 e. The molecule has 12 rings (SSSR count). The van der Waals surface area contributed by atoms with Gasteiger partial charge >= 0.3 is 0 Å². The molecule has 0 spiro atoms. The second-order valence-corrected chi connectivity index (χ2v) is 24.3. The highest BCUT2D eigenvalue weighted by molar-refractivity contribution is 7.90. The highest BCUT2D eigenvalue weighted by atomic mass is 32.2. The van der Waals surface area contributed by atoms with Crippen molar-refractivity contribution < 1.29 is 26.9 Å². The maximum atomic E-state index is 12.1. The van der Waals surface area contributed by atoms with Gasteiger partial charge in [-0.1, -0.05) is 10.3 Å². The number of sulfone groups is 1. The molecule has 4 atom stereocenters. The van der Waals surface area contributed by atoms with Crippen molar-refractivity contribution in [1.29, 1.82) is 0 Å². The van der Waals surface area contributed by atoms with Crippen LogP contribution in [-0.2, 0) is 19.3 Å². The molecule has 22 nitrogen and oxygen atoms in total. The number of nitrogens with one attached hydrogen (secondary N) is 3. The molecular weight excluding hydrogens is 1010 g/mol. The van der Waals surface area contributed by atoms with E-state index in [0.717, 1.165) is 139 Å². The van der Waals surface area contributed by atoms with E-state index >= 15 is 0 Å². The Balaban J connectivity index is 0.000000153. The molecule has 23 heteroatoms. The minimum Gasteiger partial charge on any atom is -0.364 e. The molecule has 0 aromatic carbocycles. The lowest BCUT2D eigenvalue weighted by Crippen LogP contribution is -2.51. The number of fused-ring (bicyclic) bond motifs is 2. The second-order valence-electron chi connectivity index (χ2n) is 22.4. The van der Waals surface area contributed by atoms with Crippen LogP contribution in [0.1, 0.15) is 127 Å². The number of pyridine rings is 2. The average Bonchev–Trinajstić information content (AvgIpc) is 4.43. The molecule has 12 heterocycles. The fraction of sp³-hybridized carbons (Fsp3) is 0.527. The van der Waals surface area contributed by atoms with Crippen LogP contribution in [0, 0.1) is 27.7 Å². The summed E-state index contributed by atoms with van der Waals surface area (Å²) in [5, 5.41) is 29.8. The Kier molecular flexibility index (Phi) is 15.9. The van der Waals surface area contributed by atoms with E-state index in [2.05, 4.69) is 75.0 Å². The Morgan fingerprint density at radius 1 is 0.641 bits per heavy atom. The minimum absolute atomic E-state index is 0.160. The van der Waals surface area contributed by atoms with Crippen LogP contribution in [0.3, 0.4) is 0 Å². The number of nitrogens with two attached hydrogens (primary N) is 1. The van der Waals surface area contributed by atoms with Gasteiger partial charge in [-0.3, -0.25) is 0 Å². The summed E-state index contributed by atoms with van der Waals surface area (Å²) < 4.78 is 50.2. The molecule has 4 saturated heterocycles. The normalized spacial score (nSPS) is 21.4. The Morgan fingerprint density at radius 2 is 1.15 bits per heavy atom. The molecule has 0 bridgehead atoms. The van der Waals surface area contributed by atoms with Crippen molar-refractivity contribution in [2.24, 2.45) is 5.73 Å². The van der Waals surface area contributed by atoms with Crippen LogP contribution in [0.4, 0.5) is 5.95 Å². The number of hydrogen-bond acceptors (Lipinski definition) is 20. The van der Waals surface area contributed by atoms with Crippen molar-refractivity contribution >= 4 is 37.9 Å². The molecule has 0 aliphatic carbocycles. The van der Waals surface area contributed by atoms with Gasteiger partial charge < -0.3 is 40.2 Å². The van der Waals surface area contributed by atoms with Gasteiger partial charge in [-0.05, 0) is 155 Å². The lowest BCUT2D eigenvalue weighted by molar-refractivity contribution is -0.0369. The highest BCUT2D eigenvalue weighted by Gasteiger charge is 2.30. The van der Waals surface area contributed by atoms with E-state index in [-0.39, 0.29) is 29.2 Å². The van der Waals surface area contributed by atoms with Gasteiger partial charge in [0.25, 0.3) is 0 Å². The van der Waals surface area contributed by atoms with Crippen molar-refractivity contribution in [2.45, 2.75) is 160 Å². The molecule has 4 aliphatic rings. The van der Waals surface area contributed by atoms with E-state index in [9.17, 15) is 8.42 Å². The zero-order valence-corrected chi connectivity index (χ0v) is 46.9. The fourth-order valence-electron chi connectivity index (χ4n) is 10.2. The van der Waals surface area contributed by atoms with Crippen LogP contribution in [-0.4, -0.2) is 124 Å². The second kappa shape index (κ2) is 22.6. The van der Waals surface area contributed by atoms with Crippen LogP contribution in [0.2, 0.25) is 0 Å². The molecule has 8 aromatic rings. The predicted octanol–water partition coefficient (Wildman–Crippen LogP) is 8.54. The third-order valence-electron chi connectivity index (χ3n) is 15.0. The third kappa shape index (κ3) is 12.1. The number of hydrogen-bond donors (Lipinski definition) is 4. The lowest BCUT2D eigenvalue weighted by atomic mass is 9.91. The van der Waals surface area contributed by atoms with Crippen LogP contribution in [0.5, 0.6) is 0 Å². The van der Waals surface area contributed by atoms with E-state index in [4.69, 9.17) is 49.4 Å². The van der Waals surface area contributed by atoms with Gasteiger partial charge in [-0.2, -0.15) is 10.2 Å². The van der Waals surface area contributed by atoms with Gasteiger partial charge in [0.2, 0.25) is 20.9 Å². The maximum absolute atomic E-state index is 12.1. The van der Waals surface area contributed by atoms with Crippen LogP contribution in [0.15, 0.2) is 63.4 Å². The number of nitrogens with zero attached hydrogens (tertiary/aromatic N) is 12. The van der Waals surface area contributed by atoms with Crippen LogP contribution < -0.4 is 21.7 Å². The SMILES string of the molecule is CC1(C)CC[C@H](N)CN1.Cc1cnc(N[C@H]2CCC(C)(C)NC2)nc1-c1nn(C2CCCCO2)c2nc(-c3conc3C)ccc12.Cc1cnc(S(C)(=O)=O)nc1-c1nn(C2CCCCO2)c2nc(-c3conc3C)ccc12. The molecule has 414 valence electrons. The van der Waals surface area contributed by atoms with E-state index in [1.165, 1.54) is 19.0 Å². The van der Waals surface area contributed by atoms with E-state index in [0.29, 0.717) is 52.4 Å². The Hall–Kier alpha value is -6.63. The Labute approximate surface area is 454 Å². The summed E-state index contributed by atoms with van der Waals surface area (Å²) in [5.74, 6) is 0.619. The van der Waals surface area contributed by atoms with Gasteiger partial charge in [-0.25, -0.2) is 47.7 Å². The first-order valence-electron chi connectivity index (χ1n) is 27.1. The molecule has 2 unspecified atom stereocenters. The van der Waals surface area contributed by atoms with E-state index in [1.54, 1.807) is 17.2 Å². The summed E-state index contributed by atoms with van der Waals surface area (Å²) in [7, 11) is -3.57. The van der Waals surface area contributed by atoms with Crippen LogP contribution in [0.25, 0.3) is 67.4 Å². The first-order valence-corrected chi connectivity index (χ1v) is 28.9. The Morgan fingerprint density at radius 3 is 1.59 bits per heavy atom. The molecule has 4 fully saturated rings. The topological polar surface area (TPSA) is 280 Å². The molecule has 4 aliphatic heterocycles. The number of aryl methyl sites for hydroxylation is 4. The molecular formula is C55H72N16O6S. The number of rotatable bonds is 9. The summed E-state index contributed by atoms with van der Waals surface area (Å²) in [6.45, 7) is 19.8. The van der Waals surface area contributed by atoms with Crippen molar-refractivity contribution in [3.63, 3.8) is 0 Å². The zero-order chi connectivity index (χ0) is 54.9. The molecule has 0 saturated carbocycles. The monoisotopic (exact) mass is 1080 g/mol. The molecule has 5 N–H and O–H groups in total. The lowest BCUT2D eigenvalue weighted by Gasteiger charge is -2.36. The average molecular weight is 1090 g/mol. The van der Waals surface area contributed by atoms with Crippen molar-refractivity contribution in [3.05, 3.63) is 71.7 Å². The first-order chi connectivity index (χ1) is 37.3. The Bertz CT molecular complexity index is 3500. The zero-order valence-electron chi connectivity index (χ0n) is 46.1. The van der Waals surface area contributed by atoms with Gasteiger partial charge in [0.1, 0.15) is 23.9 Å². The highest BCUT2D eigenvalue weighted by Crippen LogP contribution is 2.37. The van der Waals surface area contributed by atoms with Gasteiger partial charge in [0.05, 0.1) is 45.3 Å².